The highest BCUT2D eigenvalue weighted by molar-refractivity contribution is 5.96. The van der Waals surface area contributed by atoms with Gasteiger partial charge in [-0.1, -0.05) is 24.3 Å². The Morgan fingerprint density at radius 2 is 1.82 bits per heavy atom. The number of fused-ring (bicyclic) bond motifs is 2. The summed E-state index contributed by atoms with van der Waals surface area (Å²) in [5.41, 5.74) is 1.46. The van der Waals surface area contributed by atoms with E-state index in [-0.39, 0.29) is 11.5 Å². The van der Waals surface area contributed by atoms with Gasteiger partial charge < -0.3 is 9.64 Å². The molecule has 1 amide bonds. The van der Waals surface area contributed by atoms with Crippen LogP contribution in [0.15, 0.2) is 24.3 Å². The fourth-order valence-corrected chi connectivity index (χ4v) is 3.58. The fourth-order valence-electron chi connectivity index (χ4n) is 3.58. The molecule has 0 atom stereocenters. The largest absolute Gasteiger partial charge is 0.444 e. The lowest BCUT2D eigenvalue weighted by Crippen LogP contribution is -2.48. The first-order valence-corrected chi connectivity index (χ1v) is 7.91. The molecule has 0 bridgehead atoms. The number of Topliss-reactive ketones (excluding diaryl/α,β-unsaturated/α-hetero) is 1. The zero-order valence-corrected chi connectivity index (χ0v) is 13.5. The predicted octanol–water partition coefficient (Wildman–Crippen LogP) is 3.08. The van der Waals surface area contributed by atoms with Crippen LogP contribution < -0.4 is 0 Å². The third kappa shape index (κ3) is 2.51. The van der Waals surface area contributed by atoms with Crippen molar-refractivity contribution in [3.63, 3.8) is 0 Å². The molecule has 0 saturated carbocycles. The van der Waals surface area contributed by atoms with Gasteiger partial charge in [0.2, 0.25) is 0 Å². The molecule has 1 aromatic rings. The van der Waals surface area contributed by atoms with E-state index in [9.17, 15) is 9.59 Å². The second-order valence-electron chi connectivity index (χ2n) is 7.31. The lowest BCUT2D eigenvalue weighted by molar-refractivity contribution is -0.124. The first kappa shape index (κ1) is 15.1. The van der Waals surface area contributed by atoms with Crippen molar-refractivity contribution in [2.75, 3.05) is 13.1 Å². The van der Waals surface area contributed by atoms with Crippen molar-refractivity contribution in [1.29, 1.82) is 0 Å². The molecule has 22 heavy (non-hydrogen) atoms. The van der Waals surface area contributed by atoms with Crippen LogP contribution in [0.3, 0.4) is 0 Å². The van der Waals surface area contributed by atoms with E-state index in [2.05, 4.69) is 6.07 Å². The highest BCUT2D eigenvalue weighted by atomic mass is 16.6. The molecule has 1 aliphatic carbocycles. The number of ketones is 1. The molecular weight excluding hydrogens is 278 g/mol. The number of rotatable bonds is 0. The molecule has 1 fully saturated rings. The normalized spacial score (nSPS) is 20.1. The minimum absolute atomic E-state index is 0.277. The van der Waals surface area contributed by atoms with E-state index in [0.29, 0.717) is 38.1 Å². The number of hydrogen-bond acceptors (Lipinski definition) is 3. The predicted molar refractivity (Wildman–Crippen MR) is 83.9 cm³/mol. The summed E-state index contributed by atoms with van der Waals surface area (Å²) in [5, 5.41) is 0. The van der Waals surface area contributed by atoms with Crippen molar-refractivity contribution in [2.24, 2.45) is 0 Å². The molecule has 0 aromatic heterocycles. The van der Waals surface area contributed by atoms with Crippen molar-refractivity contribution >= 4 is 11.9 Å². The smallest absolute Gasteiger partial charge is 0.410 e. The van der Waals surface area contributed by atoms with E-state index in [0.717, 1.165) is 5.56 Å². The summed E-state index contributed by atoms with van der Waals surface area (Å²) in [7, 11) is 0. The van der Waals surface area contributed by atoms with Gasteiger partial charge >= 0.3 is 6.09 Å². The van der Waals surface area contributed by atoms with E-state index < -0.39 is 5.60 Å². The van der Waals surface area contributed by atoms with Crippen LogP contribution in [-0.2, 0) is 21.4 Å². The second kappa shape index (κ2) is 5.11. The van der Waals surface area contributed by atoms with E-state index in [1.165, 1.54) is 5.56 Å². The third-order valence-corrected chi connectivity index (χ3v) is 4.69. The first-order chi connectivity index (χ1) is 10.3. The zero-order chi connectivity index (χ0) is 16.0. The molecular formula is C18H23NO3. The maximum Gasteiger partial charge on any atom is 0.410 e. The van der Waals surface area contributed by atoms with Crippen LogP contribution in [-0.4, -0.2) is 35.5 Å². The van der Waals surface area contributed by atoms with Gasteiger partial charge in [0.1, 0.15) is 11.4 Å². The molecule has 1 aliphatic heterocycles. The molecule has 4 heteroatoms. The van der Waals surface area contributed by atoms with Crippen molar-refractivity contribution in [3.05, 3.63) is 35.4 Å². The molecule has 3 rings (SSSR count). The van der Waals surface area contributed by atoms with E-state index in [1.54, 1.807) is 4.90 Å². The molecule has 1 spiro atoms. The summed E-state index contributed by atoms with van der Waals surface area (Å²) in [4.78, 5) is 26.5. The van der Waals surface area contributed by atoms with Gasteiger partial charge in [0.05, 0.1) is 5.41 Å². The summed E-state index contributed by atoms with van der Waals surface area (Å²) < 4.78 is 5.43. The van der Waals surface area contributed by atoms with Gasteiger partial charge in [-0.3, -0.25) is 4.79 Å². The standard InChI is InChI=1S/C18H23NO3/c1-17(2,3)22-16(21)19-10-8-18(9-11-19)14-7-5-4-6-13(14)12-15(18)20/h4-7H,8-12H2,1-3H3. The Morgan fingerprint density at radius 3 is 2.45 bits per heavy atom. The Kier molecular flexibility index (Phi) is 3.50. The highest BCUT2D eigenvalue weighted by Gasteiger charge is 2.48. The first-order valence-electron chi connectivity index (χ1n) is 7.91. The van der Waals surface area contributed by atoms with Crippen molar-refractivity contribution in [2.45, 2.75) is 51.0 Å². The van der Waals surface area contributed by atoms with Crippen molar-refractivity contribution < 1.29 is 14.3 Å². The van der Waals surface area contributed by atoms with Gasteiger partial charge in [0, 0.05) is 19.5 Å². The molecule has 118 valence electrons. The molecule has 0 N–H and O–H groups in total. The number of likely N-dealkylation sites (tertiary alicyclic amines) is 1. The number of carbonyl (C=O) groups is 2. The Balaban J connectivity index is 1.74. The molecule has 1 aromatic carbocycles. The van der Waals surface area contributed by atoms with Gasteiger partial charge in [-0.15, -0.1) is 0 Å². The minimum Gasteiger partial charge on any atom is -0.444 e. The summed E-state index contributed by atoms with van der Waals surface area (Å²) in [6.45, 7) is 6.76. The van der Waals surface area contributed by atoms with Gasteiger partial charge in [-0.25, -0.2) is 4.79 Å². The Morgan fingerprint density at radius 1 is 1.18 bits per heavy atom. The lowest BCUT2D eigenvalue weighted by atomic mass is 9.73. The van der Waals surface area contributed by atoms with Crippen LogP contribution in [0, 0.1) is 0 Å². The van der Waals surface area contributed by atoms with Crippen LogP contribution in [0.1, 0.15) is 44.7 Å². The highest BCUT2D eigenvalue weighted by Crippen LogP contribution is 2.43. The maximum atomic E-state index is 12.6. The third-order valence-electron chi connectivity index (χ3n) is 4.69. The molecule has 1 heterocycles. The lowest BCUT2D eigenvalue weighted by Gasteiger charge is -2.39. The number of amides is 1. The topological polar surface area (TPSA) is 46.6 Å². The molecule has 1 saturated heterocycles. The van der Waals surface area contributed by atoms with Crippen LogP contribution >= 0.6 is 0 Å². The molecule has 4 nitrogen and oxygen atoms in total. The van der Waals surface area contributed by atoms with E-state index in [1.807, 2.05) is 39.0 Å². The van der Waals surface area contributed by atoms with Gasteiger partial charge in [0.25, 0.3) is 0 Å². The molecule has 0 radical (unpaired) electrons. The fraction of sp³-hybridized carbons (Fsp3) is 0.556. The number of piperidine rings is 1. The number of hydrogen-bond donors (Lipinski definition) is 0. The maximum absolute atomic E-state index is 12.6. The van der Waals surface area contributed by atoms with E-state index >= 15 is 0 Å². The monoisotopic (exact) mass is 301 g/mol. The van der Waals surface area contributed by atoms with Crippen molar-refractivity contribution in [1.82, 2.24) is 4.90 Å². The SMILES string of the molecule is CC(C)(C)OC(=O)N1CCC2(CC1)C(=O)Cc1ccccc12. The molecule has 0 unspecified atom stereocenters. The number of nitrogens with zero attached hydrogens (tertiary/aromatic N) is 1. The van der Waals surface area contributed by atoms with Crippen LogP contribution in [0.4, 0.5) is 4.79 Å². The van der Waals surface area contributed by atoms with Gasteiger partial charge in [0.15, 0.2) is 0 Å². The Hall–Kier alpha value is -1.84. The average Bonchev–Trinajstić information content (AvgIpc) is 2.71. The summed E-state index contributed by atoms with van der Waals surface area (Å²) in [5.74, 6) is 0.303. The zero-order valence-electron chi connectivity index (χ0n) is 13.5. The quantitative estimate of drug-likeness (QED) is 0.740. The van der Waals surface area contributed by atoms with Gasteiger partial charge in [-0.2, -0.15) is 0 Å². The second-order valence-corrected chi connectivity index (χ2v) is 7.31. The number of carbonyl (C=O) groups excluding carboxylic acids is 2. The summed E-state index contributed by atoms with van der Waals surface area (Å²) >= 11 is 0. The molecule has 2 aliphatic rings. The van der Waals surface area contributed by atoms with Crippen molar-refractivity contribution in [3.8, 4) is 0 Å². The van der Waals surface area contributed by atoms with E-state index in [4.69, 9.17) is 4.74 Å². The average molecular weight is 301 g/mol. The minimum atomic E-state index is -0.484. The number of benzene rings is 1. The van der Waals surface area contributed by atoms with Gasteiger partial charge in [-0.05, 0) is 44.7 Å². The Bertz CT molecular complexity index is 607. The van der Waals surface area contributed by atoms with Crippen LogP contribution in [0.2, 0.25) is 0 Å². The summed E-state index contributed by atoms with van der Waals surface area (Å²) in [6.07, 6.45) is 1.65. The summed E-state index contributed by atoms with van der Waals surface area (Å²) in [6, 6.07) is 8.10. The Labute approximate surface area is 131 Å². The van der Waals surface area contributed by atoms with Crippen LogP contribution in [0.25, 0.3) is 0 Å². The van der Waals surface area contributed by atoms with Crippen LogP contribution in [0.5, 0.6) is 0 Å². The number of ether oxygens (including phenoxy) is 1.